The molecule has 3 nitrogen and oxygen atoms in total. The van der Waals surface area contributed by atoms with Crippen LogP contribution in [-0.2, 0) is 0 Å². The normalized spacial score (nSPS) is 21.5. The van der Waals surface area contributed by atoms with E-state index in [1.54, 1.807) is 0 Å². The van der Waals surface area contributed by atoms with Crippen LogP contribution in [0.2, 0.25) is 5.02 Å². The first-order valence-corrected chi connectivity index (χ1v) is 7.58. The second kappa shape index (κ2) is 4.81. The van der Waals surface area contributed by atoms with Crippen LogP contribution >= 0.6 is 11.6 Å². The minimum absolute atomic E-state index is 0.146. The minimum atomic E-state index is -0.146. The van der Waals surface area contributed by atoms with Crippen LogP contribution in [0.5, 0.6) is 0 Å². The summed E-state index contributed by atoms with van der Waals surface area (Å²) in [5, 5.41) is 1.56. The van der Waals surface area contributed by atoms with Crippen molar-refractivity contribution in [3.05, 3.63) is 39.1 Å². The van der Waals surface area contributed by atoms with Gasteiger partial charge in [-0.25, -0.2) is 0 Å². The number of rotatable bonds is 2. The third-order valence-corrected chi connectivity index (χ3v) is 4.78. The van der Waals surface area contributed by atoms with Gasteiger partial charge in [0.25, 0.3) is 0 Å². The number of hydrogen-bond donors (Lipinski definition) is 1. The smallest absolute Gasteiger partial charge is 0.249 e. The van der Waals surface area contributed by atoms with Crippen LogP contribution in [0.15, 0.2) is 23.0 Å². The van der Waals surface area contributed by atoms with Crippen LogP contribution in [0.3, 0.4) is 0 Å². The molecule has 1 aliphatic rings. The van der Waals surface area contributed by atoms with Gasteiger partial charge in [-0.3, -0.25) is 4.79 Å². The molecule has 0 spiro atoms. The molecule has 2 aromatic rings. The maximum absolute atomic E-state index is 11.6. The summed E-state index contributed by atoms with van der Waals surface area (Å²) in [6, 6.07) is 6.06. The topological polar surface area (TPSA) is 36.1 Å². The molecule has 3 rings (SSSR count). The summed E-state index contributed by atoms with van der Waals surface area (Å²) in [5.41, 5.74) is 3.22. The summed E-state index contributed by atoms with van der Waals surface area (Å²) >= 11 is 6.35. The molecule has 0 radical (unpaired) electrons. The number of aromatic nitrogens is 1. The molecule has 2 unspecified atom stereocenters. The number of nitrogens with one attached hydrogen (secondary N) is 1. The lowest BCUT2D eigenvalue weighted by atomic mass is 9.92. The van der Waals surface area contributed by atoms with Crippen LogP contribution < -0.4 is 10.5 Å². The summed E-state index contributed by atoms with van der Waals surface area (Å²) in [5.74, 6) is 0.419. The summed E-state index contributed by atoms with van der Waals surface area (Å²) in [4.78, 5) is 16.9. The van der Waals surface area contributed by atoms with Gasteiger partial charge in [-0.15, -0.1) is 0 Å². The predicted molar refractivity (Wildman–Crippen MR) is 85.1 cm³/mol. The summed E-state index contributed by atoms with van der Waals surface area (Å²) in [6.45, 7) is 7.65. The number of halogens is 1. The maximum Gasteiger partial charge on any atom is 0.249 e. The molecule has 20 heavy (non-hydrogen) atoms. The van der Waals surface area contributed by atoms with Gasteiger partial charge in [0.15, 0.2) is 0 Å². The molecule has 4 heteroatoms. The molecule has 1 N–H and O–H groups in total. The molecule has 0 saturated heterocycles. The maximum atomic E-state index is 11.6. The average molecular weight is 291 g/mol. The highest BCUT2D eigenvalue weighted by atomic mass is 35.5. The molecule has 106 valence electrons. The monoisotopic (exact) mass is 290 g/mol. The van der Waals surface area contributed by atoms with Crippen molar-refractivity contribution in [1.82, 2.24) is 4.98 Å². The van der Waals surface area contributed by atoms with Gasteiger partial charge in [-0.2, -0.15) is 0 Å². The third kappa shape index (κ3) is 1.76. The number of anilines is 1. The molecule has 0 saturated carbocycles. The Hall–Kier alpha value is -1.48. The van der Waals surface area contributed by atoms with Crippen molar-refractivity contribution in [3.63, 3.8) is 0 Å². The Morgan fingerprint density at radius 3 is 2.75 bits per heavy atom. The van der Waals surface area contributed by atoms with Crippen molar-refractivity contribution in [3.8, 4) is 0 Å². The number of aromatic amines is 1. The van der Waals surface area contributed by atoms with E-state index in [0.717, 1.165) is 23.9 Å². The van der Waals surface area contributed by atoms with Gasteiger partial charge in [-0.1, -0.05) is 25.4 Å². The van der Waals surface area contributed by atoms with Crippen molar-refractivity contribution in [1.29, 1.82) is 0 Å². The number of nitrogens with zero attached hydrogens (tertiary/aromatic N) is 1. The van der Waals surface area contributed by atoms with Crippen molar-refractivity contribution < 1.29 is 0 Å². The molecular formula is C16H19ClN2O. The number of pyridine rings is 1. The first-order chi connectivity index (χ1) is 9.58. The van der Waals surface area contributed by atoms with Gasteiger partial charge in [0, 0.05) is 35.6 Å². The number of hydrogen-bond acceptors (Lipinski definition) is 2. The molecule has 0 aliphatic carbocycles. The van der Waals surface area contributed by atoms with Gasteiger partial charge in [-0.05, 0) is 31.0 Å². The van der Waals surface area contributed by atoms with Gasteiger partial charge in [0.05, 0.1) is 10.5 Å². The SMILES string of the molecule is CCC1C(C)c2c(ccc3[nH]c(=O)cc(Cl)c23)N1CC. The second-order valence-electron chi connectivity index (χ2n) is 5.45. The summed E-state index contributed by atoms with van der Waals surface area (Å²) in [6.07, 6.45) is 1.10. The molecule has 0 amide bonds. The predicted octanol–water partition coefficient (Wildman–Crippen LogP) is 3.90. The lowest BCUT2D eigenvalue weighted by Crippen LogP contribution is -2.32. The fourth-order valence-corrected chi connectivity index (χ4v) is 3.96. The Morgan fingerprint density at radius 1 is 1.35 bits per heavy atom. The van der Waals surface area contributed by atoms with Crippen LogP contribution in [0.4, 0.5) is 5.69 Å². The third-order valence-electron chi connectivity index (χ3n) is 4.48. The van der Waals surface area contributed by atoms with Crippen LogP contribution in [-0.4, -0.2) is 17.6 Å². The summed E-state index contributed by atoms with van der Waals surface area (Å²) < 4.78 is 0. The van der Waals surface area contributed by atoms with Crippen molar-refractivity contribution in [2.75, 3.05) is 11.4 Å². The fraction of sp³-hybridized carbons (Fsp3) is 0.438. The average Bonchev–Trinajstić information content (AvgIpc) is 2.70. The standard InChI is InChI=1S/C16H19ClN2O/c1-4-12-9(3)15-13(19(12)5-2)7-6-11-16(15)10(17)8-14(20)18-11/h6-9,12H,4-5H2,1-3H3,(H,18,20). The number of H-pyrrole nitrogens is 1. The Bertz CT molecular complexity index is 722. The van der Waals surface area contributed by atoms with E-state index in [9.17, 15) is 4.79 Å². The zero-order chi connectivity index (χ0) is 14.4. The Balaban J connectivity index is 2.35. The highest BCUT2D eigenvalue weighted by Gasteiger charge is 2.35. The highest BCUT2D eigenvalue weighted by molar-refractivity contribution is 6.35. The quantitative estimate of drug-likeness (QED) is 0.910. The Kier molecular flexibility index (Phi) is 3.25. The Morgan fingerprint density at radius 2 is 2.10 bits per heavy atom. The minimum Gasteiger partial charge on any atom is -0.368 e. The van der Waals surface area contributed by atoms with Crippen molar-refractivity contribution in [2.45, 2.75) is 39.2 Å². The van der Waals surface area contributed by atoms with Crippen LogP contribution in [0, 0.1) is 0 Å². The molecule has 1 aromatic carbocycles. The van der Waals surface area contributed by atoms with E-state index >= 15 is 0 Å². The molecule has 2 heterocycles. The highest BCUT2D eigenvalue weighted by Crippen LogP contribution is 2.46. The largest absolute Gasteiger partial charge is 0.368 e. The lowest BCUT2D eigenvalue weighted by Gasteiger charge is -2.27. The first-order valence-electron chi connectivity index (χ1n) is 7.20. The van der Waals surface area contributed by atoms with E-state index in [4.69, 9.17) is 11.6 Å². The molecule has 1 aromatic heterocycles. The summed E-state index contributed by atoms with van der Waals surface area (Å²) in [7, 11) is 0. The van der Waals surface area contributed by atoms with E-state index in [1.165, 1.54) is 17.3 Å². The van der Waals surface area contributed by atoms with E-state index < -0.39 is 0 Å². The van der Waals surface area contributed by atoms with E-state index in [-0.39, 0.29) is 5.56 Å². The molecule has 2 atom stereocenters. The lowest BCUT2D eigenvalue weighted by molar-refractivity contribution is 0.544. The number of benzene rings is 1. The first kappa shape index (κ1) is 13.5. The fourth-order valence-electron chi connectivity index (χ4n) is 3.66. The number of fused-ring (bicyclic) bond motifs is 3. The van der Waals surface area contributed by atoms with Gasteiger partial charge in [0.1, 0.15) is 0 Å². The van der Waals surface area contributed by atoms with E-state index in [2.05, 4.69) is 36.7 Å². The van der Waals surface area contributed by atoms with Crippen molar-refractivity contribution >= 4 is 28.2 Å². The molecule has 1 aliphatic heterocycles. The van der Waals surface area contributed by atoms with Crippen LogP contribution in [0.25, 0.3) is 10.9 Å². The van der Waals surface area contributed by atoms with Crippen LogP contribution in [0.1, 0.15) is 38.7 Å². The zero-order valence-corrected chi connectivity index (χ0v) is 12.8. The van der Waals surface area contributed by atoms with Crippen molar-refractivity contribution in [2.24, 2.45) is 0 Å². The molecule has 0 bridgehead atoms. The van der Waals surface area contributed by atoms with Gasteiger partial charge in [0.2, 0.25) is 5.56 Å². The zero-order valence-electron chi connectivity index (χ0n) is 12.0. The van der Waals surface area contributed by atoms with E-state index in [1.807, 2.05) is 6.07 Å². The molecular weight excluding hydrogens is 272 g/mol. The van der Waals surface area contributed by atoms with Gasteiger partial charge < -0.3 is 9.88 Å². The second-order valence-corrected chi connectivity index (χ2v) is 5.86. The van der Waals surface area contributed by atoms with E-state index in [0.29, 0.717) is 17.0 Å². The van der Waals surface area contributed by atoms with Gasteiger partial charge >= 0.3 is 0 Å². The Labute approximate surface area is 123 Å². The number of likely N-dealkylation sites (N-methyl/N-ethyl adjacent to an activating group) is 1. The molecule has 0 fully saturated rings.